The van der Waals surface area contributed by atoms with E-state index >= 15 is 0 Å². The molecule has 0 amide bonds. The van der Waals surface area contributed by atoms with Gasteiger partial charge in [-0.15, -0.1) is 0 Å². The lowest BCUT2D eigenvalue weighted by atomic mass is 10.2. The van der Waals surface area contributed by atoms with Crippen molar-refractivity contribution < 1.29 is 9.53 Å². The van der Waals surface area contributed by atoms with E-state index in [1.165, 1.54) is 6.33 Å². The van der Waals surface area contributed by atoms with E-state index in [0.29, 0.717) is 18.9 Å². The van der Waals surface area contributed by atoms with Crippen molar-refractivity contribution in [3.63, 3.8) is 0 Å². The molecule has 0 saturated heterocycles. The zero-order valence-electron chi connectivity index (χ0n) is 10.1. The average Bonchev–Trinajstić information content (AvgIpc) is 2.66. The molecule has 0 unspecified atom stereocenters. The third kappa shape index (κ3) is 3.73. The molecule has 1 heterocycles. The SMILES string of the molecule is CCCOCC(=O)Cc1ncnn1C(C)C. The van der Waals surface area contributed by atoms with Gasteiger partial charge in [-0.3, -0.25) is 4.79 Å². The van der Waals surface area contributed by atoms with E-state index in [1.807, 2.05) is 20.8 Å². The Morgan fingerprint density at radius 1 is 1.56 bits per heavy atom. The molecule has 0 saturated carbocycles. The quantitative estimate of drug-likeness (QED) is 0.658. The Hall–Kier alpha value is -1.23. The summed E-state index contributed by atoms with van der Waals surface area (Å²) in [7, 11) is 0. The topological polar surface area (TPSA) is 57.0 Å². The van der Waals surface area contributed by atoms with Gasteiger partial charge in [0.15, 0.2) is 5.78 Å². The summed E-state index contributed by atoms with van der Waals surface area (Å²) in [6.07, 6.45) is 2.70. The van der Waals surface area contributed by atoms with E-state index < -0.39 is 0 Å². The molecule has 0 N–H and O–H groups in total. The van der Waals surface area contributed by atoms with Crippen molar-refractivity contribution in [3.05, 3.63) is 12.2 Å². The van der Waals surface area contributed by atoms with Crippen molar-refractivity contribution in [2.45, 2.75) is 39.7 Å². The Balaban J connectivity index is 2.46. The molecule has 90 valence electrons. The molecule has 5 nitrogen and oxygen atoms in total. The first kappa shape index (κ1) is 12.8. The number of carbonyl (C=O) groups excluding carboxylic acids is 1. The number of hydrogen-bond acceptors (Lipinski definition) is 4. The molecule has 0 bridgehead atoms. The van der Waals surface area contributed by atoms with Gasteiger partial charge in [-0.2, -0.15) is 5.10 Å². The summed E-state index contributed by atoms with van der Waals surface area (Å²) in [5, 5.41) is 4.08. The monoisotopic (exact) mass is 225 g/mol. The maximum absolute atomic E-state index is 11.6. The van der Waals surface area contributed by atoms with Crippen LogP contribution in [0.15, 0.2) is 6.33 Å². The van der Waals surface area contributed by atoms with Crippen molar-refractivity contribution in [1.82, 2.24) is 14.8 Å². The van der Waals surface area contributed by atoms with Crippen LogP contribution in [-0.4, -0.2) is 33.8 Å². The fourth-order valence-electron chi connectivity index (χ4n) is 1.39. The van der Waals surface area contributed by atoms with Gasteiger partial charge < -0.3 is 4.74 Å². The van der Waals surface area contributed by atoms with E-state index in [-0.39, 0.29) is 18.4 Å². The van der Waals surface area contributed by atoms with E-state index in [2.05, 4.69) is 10.1 Å². The summed E-state index contributed by atoms with van der Waals surface area (Å²) >= 11 is 0. The second kappa shape index (κ2) is 6.37. The van der Waals surface area contributed by atoms with Gasteiger partial charge in [0.25, 0.3) is 0 Å². The maximum atomic E-state index is 11.6. The molecule has 0 aliphatic carbocycles. The lowest BCUT2D eigenvalue weighted by Gasteiger charge is -2.08. The molecule has 1 aromatic heterocycles. The fraction of sp³-hybridized carbons (Fsp3) is 0.727. The molecule has 1 aromatic rings. The number of Topliss-reactive ketones (excluding diaryl/α,β-unsaturated/α-hetero) is 1. The lowest BCUT2D eigenvalue weighted by molar-refractivity contribution is -0.123. The Labute approximate surface area is 95.8 Å². The number of ether oxygens (including phenoxy) is 1. The molecule has 0 aromatic carbocycles. The molecular weight excluding hydrogens is 206 g/mol. The lowest BCUT2D eigenvalue weighted by Crippen LogP contribution is -2.17. The molecule has 16 heavy (non-hydrogen) atoms. The molecule has 0 aliphatic rings. The number of hydrogen-bond donors (Lipinski definition) is 0. The Bertz CT molecular complexity index is 334. The van der Waals surface area contributed by atoms with Crippen molar-refractivity contribution in [2.75, 3.05) is 13.2 Å². The Morgan fingerprint density at radius 3 is 2.94 bits per heavy atom. The zero-order chi connectivity index (χ0) is 12.0. The highest BCUT2D eigenvalue weighted by Crippen LogP contribution is 2.06. The normalized spacial score (nSPS) is 11.0. The van der Waals surface area contributed by atoms with E-state index in [9.17, 15) is 4.79 Å². The summed E-state index contributed by atoms with van der Waals surface area (Å²) in [6, 6.07) is 0.224. The van der Waals surface area contributed by atoms with Crippen LogP contribution in [0, 0.1) is 0 Å². The van der Waals surface area contributed by atoms with Gasteiger partial charge in [0.2, 0.25) is 0 Å². The highest BCUT2D eigenvalue weighted by Gasteiger charge is 2.11. The van der Waals surface area contributed by atoms with Gasteiger partial charge in [-0.1, -0.05) is 6.92 Å². The van der Waals surface area contributed by atoms with Gasteiger partial charge in [-0.05, 0) is 20.3 Å². The van der Waals surface area contributed by atoms with E-state index in [1.54, 1.807) is 4.68 Å². The highest BCUT2D eigenvalue weighted by atomic mass is 16.5. The highest BCUT2D eigenvalue weighted by molar-refractivity contribution is 5.81. The second-order valence-corrected chi connectivity index (χ2v) is 3.98. The first-order valence-corrected chi connectivity index (χ1v) is 5.63. The predicted octanol–water partition coefficient (Wildman–Crippen LogP) is 1.40. The van der Waals surface area contributed by atoms with Crippen LogP contribution in [0.2, 0.25) is 0 Å². The number of nitrogens with zero attached hydrogens (tertiary/aromatic N) is 3. The maximum Gasteiger partial charge on any atom is 0.166 e. The largest absolute Gasteiger partial charge is 0.374 e. The third-order valence-electron chi connectivity index (χ3n) is 2.10. The molecular formula is C11H19N3O2. The number of aromatic nitrogens is 3. The first-order valence-electron chi connectivity index (χ1n) is 5.63. The minimum Gasteiger partial charge on any atom is -0.374 e. The number of ketones is 1. The zero-order valence-corrected chi connectivity index (χ0v) is 10.1. The van der Waals surface area contributed by atoms with Crippen LogP contribution in [0.25, 0.3) is 0 Å². The van der Waals surface area contributed by atoms with Gasteiger partial charge in [0, 0.05) is 12.6 Å². The smallest absolute Gasteiger partial charge is 0.166 e. The number of carbonyl (C=O) groups is 1. The van der Waals surface area contributed by atoms with Crippen LogP contribution < -0.4 is 0 Å². The minimum atomic E-state index is 0.0448. The van der Waals surface area contributed by atoms with Gasteiger partial charge in [0.05, 0.1) is 6.42 Å². The van der Waals surface area contributed by atoms with Crippen LogP contribution >= 0.6 is 0 Å². The predicted molar refractivity (Wildman–Crippen MR) is 60.2 cm³/mol. The summed E-state index contributed by atoms with van der Waals surface area (Å²) in [5.74, 6) is 0.753. The molecule has 0 radical (unpaired) electrons. The van der Waals surface area contributed by atoms with Crippen molar-refractivity contribution >= 4 is 5.78 Å². The molecule has 5 heteroatoms. The first-order chi connectivity index (χ1) is 7.65. The number of rotatable bonds is 7. The summed E-state index contributed by atoms with van der Waals surface area (Å²) in [4.78, 5) is 15.6. The van der Waals surface area contributed by atoms with E-state index in [0.717, 1.165) is 6.42 Å². The Kier molecular flexibility index (Phi) is 5.11. The van der Waals surface area contributed by atoms with Crippen LogP contribution in [0.4, 0.5) is 0 Å². The summed E-state index contributed by atoms with van der Waals surface area (Å²) in [5.41, 5.74) is 0. The second-order valence-electron chi connectivity index (χ2n) is 3.98. The Morgan fingerprint density at radius 2 is 2.31 bits per heavy atom. The van der Waals surface area contributed by atoms with Crippen molar-refractivity contribution in [1.29, 1.82) is 0 Å². The van der Waals surface area contributed by atoms with Crippen LogP contribution in [0.1, 0.15) is 39.1 Å². The van der Waals surface area contributed by atoms with Crippen molar-refractivity contribution in [3.8, 4) is 0 Å². The molecule has 0 atom stereocenters. The molecule has 0 spiro atoms. The molecule has 0 aliphatic heterocycles. The van der Waals surface area contributed by atoms with Crippen LogP contribution in [-0.2, 0) is 16.0 Å². The van der Waals surface area contributed by atoms with Crippen molar-refractivity contribution in [2.24, 2.45) is 0 Å². The van der Waals surface area contributed by atoms with Crippen LogP contribution in [0.5, 0.6) is 0 Å². The summed E-state index contributed by atoms with van der Waals surface area (Å²) in [6.45, 7) is 6.83. The fourth-order valence-corrected chi connectivity index (χ4v) is 1.39. The van der Waals surface area contributed by atoms with E-state index in [4.69, 9.17) is 4.74 Å². The van der Waals surface area contributed by atoms with Gasteiger partial charge >= 0.3 is 0 Å². The average molecular weight is 225 g/mol. The summed E-state index contributed by atoms with van der Waals surface area (Å²) < 4.78 is 6.95. The standard InChI is InChI=1S/C11H19N3O2/c1-4-5-16-7-10(15)6-11-12-8-13-14(11)9(2)3/h8-9H,4-7H2,1-3H3. The molecule has 0 fully saturated rings. The molecule has 1 rings (SSSR count). The van der Waals surface area contributed by atoms with Gasteiger partial charge in [-0.25, -0.2) is 9.67 Å². The van der Waals surface area contributed by atoms with Gasteiger partial charge in [0.1, 0.15) is 18.8 Å². The van der Waals surface area contributed by atoms with Crippen LogP contribution in [0.3, 0.4) is 0 Å². The third-order valence-corrected chi connectivity index (χ3v) is 2.10. The minimum absolute atomic E-state index is 0.0448.